The van der Waals surface area contributed by atoms with E-state index < -0.39 is 0 Å². The Balaban J connectivity index is 1.43. The van der Waals surface area contributed by atoms with Crippen molar-refractivity contribution in [1.29, 1.82) is 0 Å². The number of nitrogens with zero attached hydrogens (tertiary/aromatic N) is 1. The van der Waals surface area contributed by atoms with Gasteiger partial charge in [0.05, 0.1) is 25.6 Å². The standard InChI is InChI=1S/C26H23N3O5/c1-33-20-13-9-17(23(15-20)34-2)10-14-24(30)27-19-11-7-18(8-12-19)26(32)29-16-25(31)28-21-5-3-4-6-22(21)29/h3-15H,16H2,1-2H3,(H,27,30)(H,28,31)/b14-10+. The van der Waals surface area contributed by atoms with E-state index in [4.69, 9.17) is 9.47 Å². The molecule has 0 bridgehead atoms. The fourth-order valence-corrected chi connectivity index (χ4v) is 3.57. The molecule has 0 spiro atoms. The van der Waals surface area contributed by atoms with Crippen molar-refractivity contribution in [3.63, 3.8) is 0 Å². The Morgan fingerprint density at radius 2 is 1.76 bits per heavy atom. The first kappa shape index (κ1) is 22.6. The molecule has 0 saturated carbocycles. The molecule has 0 radical (unpaired) electrons. The van der Waals surface area contributed by atoms with E-state index >= 15 is 0 Å². The largest absolute Gasteiger partial charge is 0.497 e. The number of anilines is 3. The molecule has 4 rings (SSSR count). The Morgan fingerprint density at radius 3 is 2.50 bits per heavy atom. The lowest BCUT2D eigenvalue weighted by Gasteiger charge is -2.29. The Morgan fingerprint density at radius 1 is 1.00 bits per heavy atom. The summed E-state index contributed by atoms with van der Waals surface area (Å²) < 4.78 is 10.5. The van der Waals surface area contributed by atoms with E-state index in [-0.39, 0.29) is 24.3 Å². The number of nitrogens with one attached hydrogen (secondary N) is 2. The zero-order chi connectivity index (χ0) is 24.1. The molecular formula is C26H23N3O5. The Bertz CT molecular complexity index is 1270. The number of hydrogen-bond donors (Lipinski definition) is 2. The molecular weight excluding hydrogens is 434 g/mol. The molecule has 1 aliphatic rings. The maximum Gasteiger partial charge on any atom is 0.258 e. The van der Waals surface area contributed by atoms with Gasteiger partial charge in [-0.25, -0.2) is 0 Å². The maximum absolute atomic E-state index is 13.0. The van der Waals surface area contributed by atoms with Crippen molar-refractivity contribution in [3.8, 4) is 11.5 Å². The quantitative estimate of drug-likeness (QED) is 0.547. The summed E-state index contributed by atoms with van der Waals surface area (Å²) in [4.78, 5) is 38.8. The van der Waals surface area contributed by atoms with Crippen LogP contribution in [0.5, 0.6) is 11.5 Å². The topological polar surface area (TPSA) is 97.0 Å². The van der Waals surface area contributed by atoms with Gasteiger partial charge in [0.2, 0.25) is 11.8 Å². The number of carbonyl (C=O) groups excluding carboxylic acids is 3. The van der Waals surface area contributed by atoms with Gasteiger partial charge >= 0.3 is 0 Å². The number of ether oxygens (including phenoxy) is 2. The second kappa shape index (κ2) is 9.91. The minimum Gasteiger partial charge on any atom is -0.497 e. The summed E-state index contributed by atoms with van der Waals surface area (Å²) in [5.74, 6) is 0.349. The molecule has 1 aliphatic heterocycles. The van der Waals surface area contributed by atoms with Crippen LogP contribution in [-0.2, 0) is 9.59 Å². The minimum absolute atomic E-state index is 0.0616. The fourth-order valence-electron chi connectivity index (χ4n) is 3.57. The smallest absolute Gasteiger partial charge is 0.258 e. The zero-order valence-electron chi connectivity index (χ0n) is 18.7. The van der Waals surface area contributed by atoms with Gasteiger partial charge in [0.25, 0.3) is 5.91 Å². The second-order valence-electron chi connectivity index (χ2n) is 7.46. The molecule has 172 valence electrons. The molecule has 8 heteroatoms. The summed E-state index contributed by atoms with van der Waals surface area (Å²) in [5.41, 5.74) is 2.90. The lowest BCUT2D eigenvalue weighted by Crippen LogP contribution is -2.42. The summed E-state index contributed by atoms with van der Waals surface area (Å²) in [6.07, 6.45) is 3.04. The number of benzene rings is 3. The van der Waals surface area contributed by atoms with Crippen molar-refractivity contribution in [2.45, 2.75) is 0 Å². The molecule has 0 unspecified atom stereocenters. The molecule has 3 aromatic carbocycles. The van der Waals surface area contributed by atoms with Crippen molar-refractivity contribution in [3.05, 3.63) is 83.9 Å². The van der Waals surface area contributed by atoms with Crippen LogP contribution in [0.15, 0.2) is 72.8 Å². The third kappa shape index (κ3) is 4.91. The van der Waals surface area contributed by atoms with Crippen molar-refractivity contribution in [1.82, 2.24) is 0 Å². The molecule has 0 saturated heterocycles. The second-order valence-corrected chi connectivity index (χ2v) is 7.46. The summed E-state index contributed by atoms with van der Waals surface area (Å²) in [6.45, 7) is -0.0616. The van der Waals surface area contributed by atoms with Crippen molar-refractivity contribution >= 4 is 40.9 Å². The highest BCUT2D eigenvalue weighted by atomic mass is 16.5. The fraction of sp³-hybridized carbons (Fsp3) is 0.115. The number of para-hydroxylation sites is 2. The predicted octanol–water partition coefficient (Wildman–Crippen LogP) is 3.95. The Labute approximate surface area is 196 Å². The van der Waals surface area contributed by atoms with E-state index in [0.717, 1.165) is 5.56 Å². The highest BCUT2D eigenvalue weighted by Gasteiger charge is 2.27. The van der Waals surface area contributed by atoms with Gasteiger partial charge in [-0.05, 0) is 54.6 Å². The SMILES string of the molecule is COc1ccc(/C=C/C(=O)Nc2ccc(C(=O)N3CC(=O)Nc4ccccc43)cc2)c(OC)c1. The summed E-state index contributed by atoms with van der Waals surface area (Å²) in [7, 11) is 3.11. The Kier molecular flexibility index (Phi) is 6.59. The van der Waals surface area contributed by atoms with Gasteiger partial charge in [-0.3, -0.25) is 19.3 Å². The van der Waals surface area contributed by atoms with Crippen LogP contribution in [0.1, 0.15) is 15.9 Å². The lowest BCUT2D eigenvalue weighted by molar-refractivity contribution is -0.115. The first-order valence-electron chi connectivity index (χ1n) is 10.5. The number of amides is 3. The Hall–Kier alpha value is -4.59. The van der Waals surface area contributed by atoms with Crippen LogP contribution in [0.2, 0.25) is 0 Å². The summed E-state index contributed by atoms with van der Waals surface area (Å²) >= 11 is 0. The van der Waals surface area contributed by atoms with Crippen molar-refractivity contribution in [2.75, 3.05) is 36.3 Å². The van der Waals surface area contributed by atoms with Gasteiger partial charge in [0, 0.05) is 29.0 Å². The molecule has 2 N–H and O–H groups in total. The maximum atomic E-state index is 13.0. The van der Waals surface area contributed by atoms with E-state index in [1.165, 1.54) is 11.0 Å². The van der Waals surface area contributed by atoms with E-state index in [0.29, 0.717) is 34.1 Å². The van der Waals surface area contributed by atoms with Crippen molar-refractivity contribution < 1.29 is 23.9 Å². The van der Waals surface area contributed by atoms with Crippen molar-refractivity contribution in [2.24, 2.45) is 0 Å². The van der Waals surface area contributed by atoms with Crippen LogP contribution in [0, 0.1) is 0 Å². The summed E-state index contributed by atoms with van der Waals surface area (Å²) in [5, 5.41) is 5.52. The van der Waals surface area contributed by atoms with E-state index in [9.17, 15) is 14.4 Å². The molecule has 0 aromatic heterocycles. The predicted molar refractivity (Wildman–Crippen MR) is 130 cm³/mol. The third-order valence-corrected chi connectivity index (χ3v) is 5.27. The molecule has 0 atom stereocenters. The first-order chi connectivity index (χ1) is 16.5. The van der Waals surface area contributed by atoms with E-state index in [1.807, 2.05) is 6.07 Å². The molecule has 8 nitrogen and oxygen atoms in total. The highest BCUT2D eigenvalue weighted by Crippen LogP contribution is 2.30. The number of carbonyl (C=O) groups is 3. The number of hydrogen-bond acceptors (Lipinski definition) is 5. The molecule has 1 heterocycles. The highest BCUT2D eigenvalue weighted by molar-refractivity contribution is 6.15. The number of methoxy groups -OCH3 is 2. The van der Waals surface area contributed by atoms with Gasteiger partial charge in [0.1, 0.15) is 18.0 Å². The van der Waals surface area contributed by atoms with Crippen LogP contribution in [-0.4, -0.2) is 38.5 Å². The zero-order valence-corrected chi connectivity index (χ0v) is 18.7. The van der Waals surface area contributed by atoms with Gasteiger partial charge in [-0.1, -0.05) is 12.1 Å². The molecule has 3 aromatic rings. The summed E-state index contributed by atoms with van der Waals surface area (Å²) in [6, 6.07) is 19.0. The lowest BCUT2D eigenvalue weighted by atomic mass is 10.1. The van der Waals surface area contributed by atoms with Crippen LogP contribution in [0.4, 0.5) is 17.1 Å². The molecule has 0 aliphatic carbocycles. The van der Waals surface area contributed by atoms with Gasteiger partial charge < -0.3 is 20.1 Å². The third-order valence-electron chi connectivity index (χ3n) is 5.27. The normalized spacial score (nSPS) is 12.6. The minimum atomic E-state index is -0.335. The first-order valence-corrected chi connectivity index (χ1v) is 10.5. The van der Waals surface area contributed by atoms with Crippen LogP contribution in [0.25, 0.3) is 6.08 Å². The van der Waals surface area contributed by atoms with E-state index in [1.54, 1.807) is 81.0 Å². The van der Waals surface area contributed by atoms with E-state index in [2.05, 4.69) is 10.6 Å². The molecule has 3 amide bonds. The average molecular weight is 457 g/mol. The monoisotopic (exact) mass is 457 g/mol. The molecule has 34 heavy (non-hydrogen) atoms. The molecule has 0 fully saturated rings. The van der Waals surface area contributed by atoms with Crippen LogP contribution in [0.3, 0.4) is 0 Å². The number of fused-ring (bicyclic) bond motifs is 1. The average Bonchev–Trinajstić information content (AvgIpc) is 2.86. The van der Waals surface area contributed by atoms with Gasteiger partial charge in [-0.2, -0.15) is 0 Å². The van der Waals surface area contributed by atoms with Gasteiger partial charge in [-0.15, -0.1) is 0 Å². The number of rotatable bonds is 6. The van der Waals surface area contributed by atoms with Crippen LogP contribution < -0.4 is 25.0 Å². The van der Waals surface area contributed by atoms with Gasteiger partial charge in [0.15, 0.2) is 0 Å². The van der Waals surface area contributed by atoms with Crippen LogP contribution >= 0.6 is 0 Å².